The number of nitrogen functional groups attached to an aromatic ring is 1. The maximum atomic E-state index is 6.12. The van der Waals surface area contributed by atoms with E-state index < -0.39 is 0 Å². The molecule has 0 unspecified atom stereocenters. The number of anilines is 1. The first-order valence-corrected chi connectivity index (χ1v) is 5.66. The first-order valence-electron chi connectivity index (χ1n) is 4.90. The Balaban J connectivity index is 2.58. The maximum Gasteiger partial charge on any atom is 0.117 e. The Hall–Kier alpha value is -1.19. The molecule has 1 aromatic carbocycles. The van der Waals surface area contributed by atoms with Crippen molar-refractivity contribution in [2.75, 3.05) is 5.73 Å². The smallest absolute Gasteiger partial charge is 0.117 e. The molecule has 1 heterocycles. The minimum absolute atomic E-state index is 0.484. The van der Waals surface area contributed by atoms with Gasteiger partial charge < -0.3 is 5.73 Å². The lowest BCUT2D eigenvalue weighted by Gasteiger charge is -2.03. The van der Waals surface area contributed by atoms with E-state index in [2.05, 4.69) is 5.10 Å². The molecule has 1 aromatic heterocycles. The van der Waals surface area contributed by atoms with Gasteiger partial charge in [-0.05, 0) is 13.0 Å². The quantitative estimate of drug-likeness (QED) is 0.894. The summed E-state index contributed by atoms with van der Waals surface area (Å²) in [4.78, 5) is 0. The third-order valence-corrected chi connectivity index (χ3v) is 3.14. The molecule has 2 rings (SSSR count). The number of nitrogens with two attached hydrogens (primary N) is 1. The van der Waals surface area contributed by atoms with Crippen molar-refractivity contribution >= 4 is 28.9 Å². The van der Waals surface area contributed by atoms with Gasteiger partial charge in [-0.15, -0.1) is 0 Å². The second-order valence-corrected chi connectivity index (χ2v) is 4.18. The summed E-state index contributed by atoms with van der Waals surface area (Å²) in [7, 11) is 0. The highest BCUT2D eigenvalue weighted by atomic mass is 35.5. The SMILES string of the molecule is CCn1cc(N)c(-c2cccc(Cl)c2Cl)n1. The molecule has 2 N–H and O–H groups in total. The third kappa shape index (κ3) is 1.88. The predicted molar refractivity (Wildman–Crippen MR) is 67.8 cm³/mol. The van der Waals surface area contributed by atoms with E-state index in [1.807, 2.05) is 19.1 Å². The zero-order valence-electron chi connectivity index (χ0n) is 8.74. The topological polar surface area (TPSA) is 43.8 Å². The predicted octanol–water partition coefficient (Wildman–Crippen LogP) is 3.46. The van der Waals surface area contributed by atoms with Crippen LogP contribution >= 0.6 is 23.2 Å². The largest absolute Gasteiger partial charge is 0.396 e. The van der Waals surface area contributed by atoms with E-state index in [-0.39, 0.29) is 0 Å². The highest BCUT2D eigenvalue weighted by Crippen LogP contribution is 2.35. The molecule has 0 aliphatic carbocycles. The minimum Gasteiger partial charge on any atom is -0.396 e. The van der Waals surface area contributed by atoms with Gasteiger partial charge >= 0.3 is 0 Å². The molecule has 0 aliphatic heterocycles. The molecule has 84 valence electrons. The Bertz CT molecular complexity index is 520. The molecular weight excluding hydrogens is 245 g/mol. The van der Waals surface area contributed by atoms with Crippen molar-refractivity contribution in [2.24, 2.45) is 0 Å². The summed E-state index contributed by atoms with van der Waals surface area (Å²) in [5, 5.41) is 5.34. The maximum absolute atomic E-state index is 6.12. The normalized spacial score (nSPS) is 10.7. The van der Waals surface area contributed by atoms with E-state index in [0.29, 0.717) is 21.4 Å². The Kier molecular flexibility index (Phi) is 3.08. The summed E-state index contributed by atoms with van der Waals surface area (Å²) >= 11 is 12.1. The number of aromatic nitrogens is 2. The summed E-state index contributed by atoms with van der Waals surface area (Å²) in [6.45, 7) is 2.76. The molecule has 2 aromatic rings. The number of rotatable bonds is 2. The third-order valence-electron chi connectivity index (χ3n) is 2.32. The molecule has 0 fully saturated rings. The van der Waals surface area contributed by atoms with E-state index in [1.54, 1.807) is 16.9 Å². The van der Waals surface area contributed by atoms with Crippen molar-refractivity contribution in [2.45, 2.75) is 13.5 Å². The number of aryl methyl sites for hydroxylation is 1. The van der Waals surface area contributed by atoms with Gasteiger partial charge in [0.15, 0.2) is 0 Å². The summed E-state index contributed by atoms with van der Waals surface area (Å²) in [5.74, 6) is 0. The van der Waals surface area contributed by atoms with Crippen molar-refractivity contribution < 1.29 is 0 Å². The van der Waals surface area contributed by atoms with E-state index in [1.165, 1.54) is 0 Å². The van der Waals surface area contributed by atoms with Crippen LogP contribution < -0.4 is 5.73 Å². The monoisotopic (exact) mass is 255 g/mol. The van der Waals surface area contributed by atoms with Gasteiger partial charge in [-0.2, -0.15) is 5.10 Å². The summed E-state index contributed by atoms with van der Waals surface area (Å²) in [6.07, 6.45) is 1.78. The molecule has 0 atom stereocenters. The Morgan fingerprint density at radius 3 is 2.75 bits per heavy atom. The van der Waals surface area contributed by atoms with Gasteiger partial charge in [0, 0.05) is 18.3 Å². The van der Waals surface area contributed by atoms with Crippen LogP contribution in [0.25, 0.3) is 11.3 Å². The summed E-state index contributed by atoms with van der Waals surface area (Å²) < 4.78 is 1.77. The van der Waals surface area contributed by atoms with Crippen LogP contribution in [-0.4, -0.2) is 9.78 Å². The van der Waals surface area contributed by atoms with Crippen LogP contribution in [-0.2, 0) is 6.54 Å². The van der Waals surface area contributed by atoms with E-state index >= 15 is 0 Å². The number of halogens is 2. The lowest BCUT2D eigenvalue weighted by Crippen LogP contribution is -1.94. The fourth-order valence-corrected chi connectivity index (χ4v) is 1.88. The summed E-state index contributed by atoms with van der Waals surface area (Å²) in [5.41, 5.74) is 7.92. The molecule has 0 radical (unpaired) electrons. The standard InChI is InChI=1S/C11H11Cl2N3/c1-2-16-6-9(14)11(15-16)7-4-3-5-8(12)10(7)13/h3-6H,2,14H2,1H3. The van der Waals surface area contributed by atoms with Crippen molar-refractivity contribution in [3.8, 4) is 11.3 Å². The van der Waals surface area contributed by atoms with Gasteiger partial charge in [0.25, 0.3) is 0 Å². The fourth-order valence-electron chi connectivity index (χ4n) is 1.49. The van der Waals surface area contributed by atoms with Gasteiger partial charge in [-0.3, -0.25) is 4.68 Å². The van der Waals surface area contributed by atoms with Gasteiger partial charge in [-0.1, -0.05) is 35.3 Å². The van der Waals surface area contributed by atoms with Gasteiger partial charge in [0.2, 0.25) is 0 Å². The average Bonchev–Trinajstić information content (AvgIpc) is 2.64. The highest BCUT2D eigenvalue weighted by Gasteiger charge is 2.13. The van der Waals surface area contributed by atoms with E-state index in [9.17, 15) is 0 Å². The number of hydrogen-bond acceptors (Lipinski definition) is 2. The van der Waals surface area contributed by atoms with Gasteiger partial charge in [0.1, 0.15) is 5.69 Å². The number of nitrogens with zero attached hydrogens (tertiary/aromatic N) is 2. The van der Waals surface area contributed by atoms with Crippen LogP contribution in [0, 0.1) is 0 Å². The van der Waals surface area contributed by atoms with Crippen LogP contribution in [0.3, 0.4) is 0 Å². The average molecular weight is 256 g/mol. The Morgan fingerprint density at radius 1 is 1.38 bits per heavy atom. The minimum atomic E-state index is 0.484. The molecule has 0 saturated carbocycles. The van der Waals surface area contributed by atoms with Gasteiger partial charge in [0.05, 0.1) is 15.7 Å². The number of hydrogen-bond donors (Lipinski definition) is 1. The fraction of sp³-hybridized carbons (Fsp3) is 0.182. The van der Waals surface area contributed by atoms with Crippen LogP contribution in [0.2, 0.25) is 10.0 Å². The van der Waals surface area contributed by atoms with Crippen LogP contribution in [0.15, 0.2) is 24.4 Å². The first-order chi connectivity index (χ1) is 7.63. The van der Waals surface area contributed by atoms with E-state index in [0.717, 1.165) is 12.1 Å². The zero-order chi connectivity index (χ0) is 11.7. The van der Waals surface area contributed by atoms with Crippen molar-refractivity contribution in [1.82, 2.24) is 9.78 Å². The molecule has 0 saturated heterocycles. The molecule has 16 heavy (non-hydrogen) atoms. The second kappa shape index (κ2) is 4.36. The van der Waals surface area contributed by atoms with Crippen molar-refractivity contribution in [3.63, 3.8) is 0 Å². The zero-order valence-corrected chi connectivity index (χ0v) is 10.3. The molecule has 0 bridgehead atoms. The first kappa shape index (κ1) is 11.3. The molecular formula is C11H11Cl2N3. The summed E-state index contributed by atoms with van der Waals surface area (Å²) in [6, 6.07) is 5.42. The molecule has 3 nitrogen and oxygen atoms in total. The molecule has 0 spiro atoms. The molecule has 0 aliphatic rings. The Morgan fingerprint density at radius 2 is 2.12 bits per heavy atom. The highest BCUT2D eigenvalue weighted by molar-refractivity contribution is 6.43. The van der Waals surface area contributed by atoms with Crippen LogP contribution in [0.5, 0.6) is 0 Å². The van der Waals surface area contributed by atoms with Crippen LogP contribution in [0.1, 0.15) is 6.92 Å². The second-order valence-electron chi connectivity index (χ2n) is 3.39. The number of benzene rings is 1. The molecule has 5 heteroatoms. The molecule has 0 amide bonds. The van der Waals surface area contributed by atoms with Crippen molar-refractivity contribution in [3.05, 3.63) is 34.4 Å². The lowest BCUT2D eigenvalue weighted by atomic mass is 10.1. The van der Waals surface area contributed by atoms with Gasteiger partial charge in [-0.25, -0.2) is 0 Å². The Labute approximate surface area is 104 Å². The van der Waals surface area contributed by atoms with Crippen molar-refractivity contribution in [1.29, 1.82) is 0 Å². The van der Waals surface area contributed by atoms with Crippen LogP contribution in [0.4, 0.5) is 5.69 Å². The lowest BCUT2D eigenvalue weighted by molar-refractivity contribution is 0.662. The van der Waals surface area contributed by atoms with E-state index in [4.69, 9.17) is 28.9 Å².